The summed E-state index contributed by atoms with van der Waals surface area (Å²) in [4.78, 5) is 10.8. The summed E-state index contributed by atoms with van der Waals surface area (Å²) < 4.78 is 0. The van der Waals surface area contributed by atoms with Crippen molar-refractivity contribution in [3.8, 4) is 0 Å². The van der Waals surface area contributed by atoms with E-state index in [4.69, 9.17) is 0 Å². The molecule has 0 amide bonds. The van der Waals surface area contributed by atoms with Gasteiger partial charge >= 0.3 is 0 Å². The number of hydrogen-bond acceptors (Lipinski definition) is 2. The van der Waals surface area contributed by atoms with Gasteiger partial charge in [-0.1, -0.05) is 13.8 Å². The fourth-order valence-corrected chi connectivity index (χ4v) is 0.901. The van der Waals surface area contributed by atoms with Crippen molar-refractivity contribution in [1.82, 2.24) is 0 Å². The lowest BCUT2D eigenvalue weighted by molar-refractivity contribution is -0.118. The topological polar surface area (TPSA) is 17.1 Å². The third-order valence-corrected chi connectivity index (χ3v) is 2.28. The summed E-state index contributed by atoms with van der Waals surface area (Å²) in [5.41, 5.74) is 0. The first kappa shape index (κ1) is 9.02. The molecule has 54 valence electrons. The molecule has 2 heteroatoms. The van der Waals surface area contributed by atoms with Crippen molar-refractivity contribution < 1.29 is 4.79 Å². The van der Waals surface area contributed by atoms with Gasteiger partial charge in [0.05, 0.1) is 0 Å². The van der Waals surface area contributed by atoms with Gasteiger partial charge in [-0.3, -0.25) is 4.79 Å². The summed E-state index contributed by atoms with van der Waals surface area (Å²) in [6.45, 7) is 3.99. The highest BCUT2D eigenvalue weighted by atomic mass is 32.2. The second-order valence-electron chi connectivity index (χ2n) is 2.14. The van der Waals surface area contributed by atoms with Crippen molar-refractivity contribution in [2.24, 2.45) is 0 Å². The molecule has 0 rings (SSSR count). The molecular weight excluding hydrogens is 132 g/mol. The maximum absolute atomic E-state index is 10.8. The van der Waals surface area contributed by atoms with E-state index in [-0.39, 0.29) is 0 Å². The molecule has 1 unspecified atom stereocenters. The molecule has 0 aliphatic carbocycles. The Morgan fingerprint density at radius 2 is 2.22 bits per heavy atom. The van der Waals surface area contributed by atoms with E-state index in [2.05, 4.69) is 6.92 Å². The van der Waals surface area contributed by atoms with Crippen LogP contribution in [0.3, 0.4) is 0 Å². The SMILES string of the molecule is CCC(=O)CC(C)SC. The van der Waals surface area contributed by atoms with Gasteiger partial charge in [0, 0.05) is 18.1 Å². The van der Waals surface area contributed by atoms with E-state index in [9.17, 15) is 4.79 Å². The Morgan fingerprint density at radius 1 is 1.67 bits per heavy atom. The summed E-state index contributed by atoms with van der Waals surface area (Å²) >= 11 is 1.75. The molecule has 9 heavy (non-hydrogen) atoms. The van der Waals surface area contributed by atoms with E-state index in [1.807, 2.05) is 13.2 Å². The molecule has 1 nitrogen and oxygen atoms in total. The standard InChI is InChI=1S/C7H14OS/c1-4-7(8)5-6(2)9-3/h6H,4-5H2,1-3H3. The molecule has 0 N–H and O–H groups in total. The highest BCUT2D eigenvalue weighted by Gasteiger charge is 2.03. The lowest BCUT2D eigenvalue weighted by atomic mass is 10.2. The molecule has 0 aromatic heterocycles. The molecule has 0 aliphatic rings. The highest BCUT2D eigenvalue weighted by molar-refractivity contribution is 7.99. The van der Waals surface area contributed by atoms with Gasteiger partial charge in [0.1, 0.15) is 5.78 Å². The first-order chi connectivity index (χ1) is 4.20. The molecule has 1 atom stereocenters. The van der Waals surface area contributed by atoms with Crippen LogP contribution in [-0.4, -0.2) is 17.3 Å². The number of thioether (sulfide) groups is 1. The van der Waals surface area contributed by atoms with Crippen molar-refractivity contribution in [1.29, 1.82) is 0 Å². The van der Waals surface area contributed by atoms with E-state index in [1.54, 1.807) is 11.8 Å². The Hall–Kier alpha value is 0.0200. The lowest BCUT2D eigenvalue weighted by Gasteiger charge is -2.03. The minimum absolute atomic E-state index is 0.372. The first-order valence-electron chi connectivity index (χ1n) is 3.25. The first-order valence-corrected chi connectivity index (χ1v) is 4.54. The molecule has 0 aromatic carbocycles. The fourth-order valence-electron chi connectivity index (χ4n) is 0.548. The summed E-state index contributed by atoms with van der Waals surface area (Å²) in [5.74, 6) is 0.372. The summed E-state index contributed by atoms with van der Waals surface area (Å²) in [6.07, 6.45) is 3.45. The molecular formula is C7H14OS. The van der Waals surface area contributed by atoms with Crippen LogP contribution in [0.1, 0.15) is 26.7 Å². The number of ketones is 1. The van der Waals surface area contributed by atoms with Crippen LogP contribution in [0.15, 0.2) is 0 Å². The minimum atomic E-state index is 0.372. The molecule has 0 saturated carbocycles. The Balaban J connectivity index is 3.34. The minimum Gasteiger partial charge on any atom is -0.300 e. The molecule has 0 aromatic rings. The van der Waals surface area contributed by atoms with Gasteiger partial charge in [0.2, 0.25) is 0 Å². The second-order valence-corrected chi connectivity index (χ2v) is 3.42. The summed E-state index contributed by atoms with van der Waals surface area (Å²) in [5, 5.41) is 0.498. The Bertz CT molecular complexity index is 90.9. The summed E-state index contributed by atoms with van der Waals surface area (Å²) in [6, 6.07) is 0. The van der Waals surface area contributed by atoms with E-state index < -0.39 is 0 Å². The fraction of sp³-hybridized carbons (Fsp3) is 0.857. The maximum Gasteiger partial charge on any atom is 0.133 e. The van der Waals surface area contributed by atoms with Crippen molar-refractivity contribution in [3.63, 3.8) is 0 Å². The van der Waals surface area contributed by atoms with E-state index in [0.29, 0.717) is 17.5 Å². The molecule has 0 radical (unpaired) electrons. The van der Waals surface area contributed by atoms with Crippen molar-refractivity contribution in [2.45, 2.75) is 31.9 Å². The average molecular weight is 146 g/mol. The quantitative estimate of drug-likeness (QED) is 0.604. The average Bonchev–Trinajstić information content (AvgIpc) is 1.87. The monoisotopic (exact) mass is 146 g/mol. The Morgan fingerprint density at radius 3 is 2.56 bits per heavy atom. The predicted octanol–water partition coefficient (Wildman–Crippen LogP) is 2.11. The van der Waals surface area contributed by atoms with Crippen LogP contribution in [0, 0.1) is 0 Å². The summed E-state index contributed by atoms with van der Waals surface area (Å²) in [7, 11) is 0. The van der Waals surface area contributed by atoms with Crippen LogP contribution >= 0.6 is 11.8 Å². The number of rotatable bonds is 4. The Labute approximate surface area is 61.2 Å². The van der Waals surface area contributed by atoms with Crippen LogP contribution < -0.4 is 0 Å². The normalized spacial score (nSPS) is 13.2. The van der Waals surface area contributed by atoms with Crippen molar-refractivity contribution >= 4 is 17.5 Å². The largest absolute Gasteiger partial charge is 0.300 e. The van der Waals surface area contributed by atoms with Gasteiger partial charge in [-0.05, 0) is 6.26 Å². The van der Waals surface area contributed by atoms with Gasteiger partial charge in [0.15, 0.2) is 0 Å². The predicted molar refractivity (Wildman–Crippen MR) is 42.9 cm³/mol. The van der Waals surface area contributed by atoms with Crippen LogP contribution in [0.5, 0.6) is 0 Å². The number of carbonyl (C=O) groups excluding carboxylic acids is 1. The smallest absolute Gasteiger partial charge is 0.133 e. The van der Waals surface area contributed by atoms with Crippen LogP contribution in [0.25, 0.3) is 0 Å². The third-order valence-electron chi connectivity index (χ3n) is 1.31. The van der Waals surface area contributed by atoms with Gasteiger partial charge in [-0.2, -0.15) is 11.8 Å². The number of Topliss-reactive ketones (excluding diaryl/α,β-unsaturated/α-hetero) is 1. The lowest BCUT2D eigenvalue weighted by Crippen LogP contribution is -2.04. The number of hydrogen-bond donors (Lipinski definition) is 0. The van der Waals surface area contributed by atoms with Crippen molar-refractivity contribution in [3.05, 3.63) is 0 Å². The zero-order valence-electron chi connectivity index (χ0n) is 6.31. The third kappa shape index (κ3) is 4.52. The molecule has 0 bridgehead atoms. The van der Waals surface area contributed by atoms with E-state index in [0.717, 1.165) is 6.42 Å². The van der Waals surface area contributed by atoms with Gasteiger partial charge in [0.25, 0.3) is 0 Å². The van der Waals surface area contributed by atoms with E-state index in [1.165, 1.54) is 0 Å². The zero-order chi connectivity index (χ0) is 7.28. The number of carbonyl (C=O) groups is 1. The van der Waals surface area contributed by atoms with E-state index >= 15 is 0 Å². The molecule has 0 fully saturated rings. The Kier molecular flexibility index (Phi) is 4.87. The highest BCUT2D eigenvalue weighted by Crippen LogP contribution is 2.10. The van der Waals surface area contributed by atoms with Crippen LogP contribution in [-0.2, 0) is 4.79 Å². The second kappa shape index (κ2) is 4.86. The van der Waals surface area contributed by atoms with Gasteiger partial charge < -0.3 is 0 Å². The van der Waals surface area contributed by atoms with Crippen LogP contribution in [0.2, 0.25) is 0 Å². The maximum atomic E-state index is 10.8. The van der Waals surface area contributed by atoms with Gasteiger partial charge in [-0.25, -0.2) is 0 Å². The van der Waals surface area contributed by atoms with Gasteiger partial charge in [-0.15, -0.1) is 0 Å². The molecule has 0 heterocycles. The van der Waals surface area contributed by atoms with Crippen LogP contribution in [0.4, 0.5) is 0 Å². The van der Waals surface area contributed by atoms with Crippen molar-refractivity contribution in [2.75, 3.05) is 6.26 Å². The molecule has 0 aliphatic heterocycles. The molecule has 0 spiro atoms. The molecule has 0 saturated heterocycles. The zero-order valence-corrected chi connectivity index (χ0v) is 7.12.